The molecule has 1 aliphatic rings. The number of hydrogen-bond donors (Lipinski definition) is 3. The smallest absolute Gasteiger partial charge is 0.322 e. The predicted molar refractivity (Wildman–Crippen MR) is 90.6 cm³/mol. The van der Waals surface area contributed by atoms with Gasteiger partial charge in [-0.2, -0.15) is 0 Å². The van der Waals surface area contributed by atoms with Gasteiger partial charge < -0.3 is 15.3 Å². The Hall–Kier alpha value is -1.99. The summed E-state index contributed by atoms with van der Waals surface area (Å²) in [5, 5.41) is 12.3. The van der Waals surface area contributed by atoms with Crippen molar-refractivity contribution in [2.75, 3.05) is 5.73 Å². The molecule has 2 atom stereocenters. The van der Waals surface area contributed by atoms with Crippen LogP contribution in [0.3, 0.4) is 0 Å². The van der Waals surface area contributed by atoms with E-state index in [9.17, 15) is 14.7 Å². The number of aryl methyl sites for hydroxylation is 1. The van der Waals surface area contributed by atoms with Gasteiger partial charge in [-0.15, -0.1) is 11.8 Å². The third-order valence-corrected chi connectivity index (χ3v) is 5.57. The van der Waals surface area contributed by atoms with Crippen molar-refractivity contribution in [1.82, 2.24) is 5.32 Å². The summed E-state index contributed by atoms with van der Waals surface area (Å²) < 4.78 is 5.09. The van der Waals surface area contributed by atoms with E-state index in [1.54, 1.807) is 12.1 Å². The quantitative estimate of drug-likeness (QED) is 0.773. The molecule has 1 fully saturated rings. The number of anilines is 1. The number of fused-ring (bicyclic) bond motifs is 1. The molecule has 0 bridgehead atoms. The molecule has 2 aromatic rings. The molecule has 1 aromatic heterocycles. The first-order valence-electron chi connectivity index (χ1n) is 7.21. The van der Waals surface area contributed by atoms with Gasteiger partial charge in [0.15, 0.2) is 0 Å². The van der Waals surface area contributed by atoms with Crippen LogP contribution >= 0.6 is 11.8 Å². The van der Waals surface area contributed by atoms with E-state index in [4.69, 9.17) is 10.2 Å². The summed E-state index contributed by atoms with van der Waals surface area (Å²) in [6, 6.07) is 4.55. The third kappa shape index (κ3) is 2.49. The van der Waals surface area contributed by atoms with E-state index in [-0.39, 0.29) is 16.9 Å². The lowest BCUT2D eigenvalue weighted by Gasteiger charge is -2.20. The number of para-hydroxylation sites is 1. The number of rotatable bonds is 2. The minimum atomic E-state index is -0.954. The second kappa shape index (κ2) is 5.28. The molecule has 1 aromatic carbocycles. The van der Waals surface area contributed by atoms with E-state index in [1.807, 2.05) is 26.8 Å². The minimum absolute atomic E-state index is 0.0311. The molecule has 7 heteroatoms. The van der Waals surface area contributed by atoms with Crippen molar-refractivity contribution in [2.45, 2.75) is 36.9 Å². The Balaban J connectivity index is 2.15. The summed E-state index contributed by atoms with van der Waals surface area (Å²) >= 11 is 1.37. The highest BCUT2D eigenvalue weighted by Gasteiger charge is 2.47. The number of nitrogen functional groups attached to an aromatic ring is 1. The molecule has 1 aliphatic heterocycles. The fourth-order valence-corrected chi connectivity index (χ4v) is 4.36. The van der Waals surface area contributed by atoms with Gasteiger partial charge in [-0.25, -0.2) is 0 Å². The Morgan fingerprint density at radius 3 is 2.74 bits per heavy atom. The van der Waals surface area contributed by atoms with E-state index in [0.717, 1.165) is 5.56 Å². The lowest BCUT2D eigenvalue weighted by atomic mass is 10.0. The van der Waals surface area contributed by atoms with Crippen LogP contribution in [-0.2, 0) is 4.79 Å². The van der Waals surface area contributed by atoms with Crippen LogP contribution in [-0.4, -0.2) is 21.9 Å². The Labute approximate surface area is 137 Å². The number of aliphatic carboxylic acids is 1. The number of hydrogen-bond acceptors (Lipinski definition) is 6. The Bertz CT molecular complexity index is 859. The Morgan fingerprint density at radius 2 is 2.13 bits per heavy atom. The number of carbonyl (C=O) groups is 1. The molecule has 3 rings (SSSR count). The van der Waals surface area contributed by atoms with Crippen LogP contribution in [0.4, 0.5) is 5.88 Å². The number of benzene rings is 1. The van der Waals surface area contributed by atoms with Crippen molar-refractivity contribution in [3.8, 4) is 0 Å². The fraction of sp³-hybridized carbons (Fsp3) is 0.375. The normalized spacial score (nSPS) is 23.3. The van der Waals surface area contributed by atoms with E-state index < -0.39 is 22.1 Å². The summed E-state index contributed by atoms with van der Waals surface area (Å²) in [6.45, 7) is 5.50. The SMILES string of the molecule is Cc1cccc2c(=O)c(C3NC(C(=O)O)C(C)(C)S3)c(N)oc12. The second-order valence-corrected chi connectivity index (χ2v) is 7.96. The molecule has 6 nitrogen and oxygen atoms in total. The van der Waals surface area contributed by atoms with Gasteiger partial charge in [0.05, 0.1) is 16.3 Å². The van der Waals surface area contributed by atoms with Crippen LogP contribution < -0.4 is 16.5 Å². The van der Waals surface area contributed by atoms with Crippen LogP contribution in [0.1, 0.15) is 30.3 Å². The summed E-state index contributed by atoms with van der Waals surface area (Å²) in [5.74, 6) is -0.923. The van der Waals surface area contributed by atoms with Gasteiger partial charge in [0.25, 0.3) is 0 Å². The maximum absolute atomic E-state index is 12.8. The van der Waals surface area contributed by atoms with Gasteiger partial charge in [-0.1, -0.05) is 12.1 Å². The van der Waals surface area contributed by atoms with Crippen molar-refractivity contribution in [1.29, 1.82) is 0 Å². The average Bonchev–Trinajstić information content (AvgIpc) is 2.76. The molecule has 4 N–H and O–H groups in total. The Kier molecular flexibility index (Phi) is 3.65. The summed E-state index contributed by atoms with van der Waals surface area (Å²) in [6.07, 6.45) is 0. The van der Waals surface area contributed by atoms with Gasteiger partial charge in [0.2, 0.25) is 11.3 Å². The third-order valence-electron chi connectivity index (χ3n) is 4.12. The van der Waals surface area contributed by atoms with Gasteiger partial charge in [0, 0.05) is 4.75 Å². The average molecular weight is 334 g/mol. The molecular formula is C16H18N2O4S. The number of carboxylic acids is 1. The first-order valence-corrected chi connectivity index (χ1v) is 8.09. The van der Waals surface area contributed by atoms with E-state index in [0.29, 0.717) is 11.0 Å². The van der Waals surface area contributed by atoms with Crippen LogP contribution in [0.25, 0.3) is 11.0 Å². The fourth-order valence-electron chi connectivity index (χ4n) is 2.91. The van der Waals surface area contributed by atoms with Crippen molar-refractivity contribution in [2.24, 2.45) is 0 Å². The van der Waals surface area contributed by atoms with E-state index >= 15 is 0 Å². The molecule has 0 radical (unpaired) electrons. The van der Waals surface area contributed by atoms with Crippen LogP contribution in [0.15, 0.2) is 27.4 Å². The molecule has 0 amide bonds. The van der Waals surface area contributed by atoms with E-state index in [2.05, 4.69) is 5.32 Å². The molecule has 23 heavy (non-hydrogen) atoms. The maximum atomic E-state index is 12.8. The summed E-state index contributed by atoms with van der Waals surface area (Å²) in [5.41, 5.74) is 7.33. The molecule has 2 unspecified atom stereocenters. The zero-order valence-electron chi connectivity index (χ0n) is 13.0. The first-order chi connectivity index (χ1) is 10.7. The van der Waals surface area contributed by atoms with Crippen molar-refractivity contribution in [3.05, 3.63) is 39.5 Å². The minimum Gasteiger partial charge on any atom is -0.480 e. The standard InChI is InChI=1S/C16H18N2O4S/c1-7-5-4-6-8-10(19)9(13(17)22-11(7)8)14-18-12(15(20)21)16(2,3)23-14/h4-6,12,14,18H,17H2,1-3H3,(H,20,21). The number of nitrogens with one attached hydrogen (secondary N) is 1. The monoisotopic (exact) mass is 334 g/mol. The molecule has 1 saturated heterocycles. The highest BCUT2D eigenvalue weighted by atomic mass is 32.2. The molecule has 0 saturated carbocycles. The summed E-state index contributed by atoms with van der Waals surface area (Å²) in [4.78, 5) is 24.2. The van der Waals surface area contributed by atoms with E-state index in [1.165, 1.54) is 11.8 Å². The molecule has 2 heterocycles. The maximum Gasteiger partial charge on any atom is 0.322 e. The lowest BCUT2D eigenvalue weighted by Crippen LogP contribution is -2.44. The van der Waals surface area contributed by atoms with Gasteiger partial charge >= 0.3 is 5.97 Å². The molecule has 0 aliphatic carbocycles. The highest BCUT2D eigenvalue weighted by Crippen LogP contribution is 2.46. The van der Waals surface area contributed by atoms with Gasteiger partial charge in [-0.05, 0) is 32.4 Å². The number of thioether (sulfide) groups is 1. The largest absolute Gasteiger partial charge is 0.480 e. The van der Waals surface area contributed by atoms with Crippen LogP contribution in [0.5, 0.6) is 0 Å². The number of nitrogens with two attached hydrogens (primary N) is 1. The van der Waals surface area contributed by atoms with Gasteiger partial charge in [0.1, 0.15) is 11.6 Å². The highest BCUT2D eigenvalue weighted by molar-refractivity contribution is 8.01. The van der Waals surface area contributed by atoms with Crippen molar-refractivity contribution >= 4 is 34.6 Å². The number of carboxylic acid groups (broad SMARTS) is 1. The molecular weight excluding hydrogens is 316 g/mol. The lowest BCUT2D eigenvalue weighted by molar-refractivity contribution is -0.139. The topological polar surface area (TPSA) is 106 Å². The van der Waals surface area contributed by atoms with Crippen molar-refractivity contribution in [3.63, 3.8) is 0 Å². The van der Waals surface area contributed by atoms with Crippen LogP contribution in [0, 0.1) is 6.92 Å². The first kappa shape index (κ1) is 15.9. The molecule has 0 spiro atoms. The molecule has 122 valence electrons. The zero-order valence-corrected chi connectivity index (χ0v) is 13.9. The van der Waals surface area contributed by atoms with Crippen LogP contribution in [0.2, 0.25) is 0 Å². The Morgan fingerprint density at radius 1 is 1.43 bits per heavy atom. The second-order valence-electron chi connectivity index (χ2n) is 6.20. The van der Waals surface area contributed by atoms with Crippen molar-refractivity contribution < 1.29 is 14.3 Å². The predicted octanol–water partition coefficient (Wildman–Crippen LogP) is 2.25. The summed E-state index contributed by atoms with van der Waals surface area (Å²) in [7, 11) is 0. The van der Waals surface area contributed by atoms with Gasteiger partial charge in [-0.3, -0.25) is 14.9 Å². The zero-order chi connectivity index (χ0) is 16.9.